The van der Waals surface area contributed by atoms with Gasteiger partial charge in [-0.05, 0) is 36.2 Å². The number of carbonyl (C=O) groups is 2. The van der Waals surface area contributed by atoms with Crippen LogP contribution in [0.2, 0.25) is 0 Å². The quantitative estimate of drug-likeness (QED) is 0.672. The number of amides is 2. The minimum absolute atomic E-state index is 0.241. The van der Waals surface area contributed by atoms with Crippen molar-refractivity contribution in [3.63, 3.8) is 0 Å². The maximum atomic E-state index is 12.4. The number of hydrogen-bond acceptors (Lipinski definition) is 3. The highest BCUT2D eigenvalue weighted by Gasteiger charge is 2.36. The van der Waals surface area contributed by atoms with Crippen molar-refractivity contribution in [2.75, 3.05) is 5.73 Å². The Bertz CT molecular complexity index is 771. The van der Waals surface area contributed by atoms with Crippen LogP contribution in [-0.2, 0) is 6.54 Å². The molecule has 0 aromatic heterocycles. The Balaban J connectivity index is 1.95. The van der Waals surface area contributed by atoms with E-state index in [0.717, 1.165) is 15.6 Å². The van der Waals surface area contributed by atoms with E-state index in [-0.39, 0.29) is 18.4 Å². The van der Waals surface area contributed by atoms with E-state index in [1.807, 2.05) is 25.1 Å². The molecule has 106 valence electrons. The van der Waals surface area contributed by atoms with E-state index in [1.165, 1.54) is 4.90 Å². The van der Waals surface area contributed by atoms with Crippen LogP contribution in [0.3, 0.4) is 0 Å². The number of nitrogens with two attached hydrogens (primary N) is 1. The van der Waals surface area contributed by atoms with Crippen LogP contribution in [0.15, 0.2) is 40.9 Å². The first-order chi connectivity index (χ1) is 9.99. The number of carbonyl (C=O) groups excluding carboxylic acids is 2. The van der Waals surface area contributed by atoms with Gasteiger partial charge in [0.1, 0.15) is 0 Å². The summed E-state index contributed by atoms with van der Waals surface area (Å²) in [6.07, 6.45) is 0. The maximum absolute atomic E-state index is 12.4. The third kappa shape index (κ3) is 2.23. The van der Waals surface area contributed by atoms with Gasteiger partial charge >= 0.3 is 0 Å². The number of halogens is 1. The van der Waals surface area contributed by atoms with Crippen molar-refractivity contribution < 1.29 is 9.59 Å². The Morgan fingerprint density at radius 1 is 1.14 bits per heavy atom. The van der Waals surface area contributed by atoms with Gasteiger partial charge in [0.05, 0.1) is 17.7 Å². The van der Waals surface area contributed by atoms with Gasteiger partial charge < -0.3 is 5.73 Å². The van der Waals surface area contributed by atoms with Crippen molar-refractivity contribution >= 4 is 33.4 Å². The van der Waals surface area contributed by atoms with Gasteiger partial charge in [0.25, 0.3) is 11.8 Å². The summed E-state index contributed by atoms with van der Waals surface area (Å²) in [5.41, 5.74) is 8.85. The van der Waals surface area contributed by atoms with E-state index in [0.29, 0.717) is 16.8 Å². The fraction of sp³-hybridized carbons (Fsp3) is 0.125. The zero-order chi connectivity index (χ0) is 15.1. The average molecular weight is 345 g/mol. The second-order valence-corrected chi connectivity index (χ2v) is 5.90. The molecule has 0 saturated carbocycles. The van der Waals surface area contributed by atoms with E-state index in [9.17, 15) is 9.59 Å². The van der Waals surface area contributed by atoms with Crippen LogP contribution in [0.1, 0.15) is 31.8 Å². The molecule has 4 nitrogen and oxygen atoms in total. The molecule has 0 unspecified atom stereocenters. The fourth-order valence-corrected chi connectivity index (χ4v) is 2.85. The van der Waals surface area contributed by atoms with Crippen molar-refractivity contribution in [2.45, 2.75) is 13.5 Å². The molecule has 21 heavy (non-hydrogen) atoms. The number of nitrogen functional groups attached to an aromatic ring is 1. The summed E-state index contributed by atoms with van der Waals surface area (Å²) >= 11 is 3.46. The Morgan fingerprint density at radius 2 is 1.90 bits per heavy atom. The first-order valence-corrected chi connectivity index (χ1v) is 7.28. The van der Waals surface area contributed by atoms with Crippen molar-refractivity contribution in [1.29, 1.82) is 0 Å². The topological polar surface area (TPSA) is 63.4 Å². The number of benzene rings is 2. The van der Waals surface area contributed by atoms with E-state index in [4.69, 9.17) is 5.73 Å². The van der Waals surface area contributed by atoms with Gasteiger partial charge in [-0.3, -0.25) is 14.5 Å². The molecule has 0 spiro atoms. The molecule has 2 aromatic carbocycles. The monoisotopic (exact) mass is 344 g/mol. The second-order valence-electron chi connectivity index (χ2n) is 5.05. The molecule has 5 heteroatoms. The van der Waals surface area contributed by atoms with Gasteiger partial charge in [-0.1, -0.05) is 34.1 Å². The van der Waals surface area contributed by atoms with Crippen molar-refractivity contribution in [2.24, 2.45) is 0 Å². The standard InChI is InChI=1S/C16H13BrN2O2/c1-9-5-6-10(7-12(9)17)8-19-15(20)11-3-2-4-13(18)14(11)16(19)21/h2-7H,8,18H2,1H3. The zero-order valence-corrected chi connectivity index (χ0v) is 13.0. The summed E-state index contributed by atoms with van der Waals surface area (Å²) in [6, 6.07) is 10.7. The number of fused-ring (bicyclic) bond motifs is 1. The summed E-state index contributed by atoms with van der Waals surface area (Å²) in [6.45, 7) is 2.22. The van der Waals surface area contributed by atoms with Crippen molar-refractivity contribution in [1.82, 2.24) is 4.90 Å². The Hall–Kier alpha value is -2.14. The molecule has 1 heterocycles. The maximum Gasteiger partial charge on any atom is 0.263 e. The first-order valence-electron chi connectivity index (χ1n) is 6.48. The molecule has 0 saturated heterocycles. The molecule has 0 fully saturated rings. The van der Waals surface area contributed by atoms with Crippen LogP contribution in [-0.4, -0.2) is 16.7 Å². The minimum atomic E-state index is -0.329. The predicted octanol–water partition coefficient (Wildman–Crippen LogP) is 3.14. The van der Waals surface area contributed by atoms with Crippen LogP contribution >= 0.6 is 15.9 Å². The van der Waals surface area contributed by atoms with Crippen LogP contribution < -0.4 is 5.73 Å². The highest BCUT2D eigenvalue weighted by molar-refractivity contribution is 9.10. The van der Waals surface area contributed by atoms with Gasteiger partial charge in [0.2, 0.25) is 0 Å². The minimum Gasteiger partial charge on any atom is -0.398 e. The molecule has 3 rings (SSSR count). The van der Waals surface area contributed by atoms with Gasteiger partial charge in [-0.2, -0.15) is 0 Å². The summed E-state index contributed by atoms with van der Waals surface area (Å²) < 4.78 is 0.955. The SMILES string of the molecule is Cc1ccc(CN2C(=O)c3cccc(N)c3C2=O)cc1Br. The Kier molecular flexibility index (Phi) is 3.29. The normalized spacial score (nSPS) is 13.7. The Labute approximate surface area is 130 Å². The number of aryl methyl sites for hydroxylation is 1. The highest BCUT2D eigenvalue weighted by atomic mass is 79.9. The number of nitrogens with zero attached hydrogens (tertiary/aromatic N) is 1. The third-order valence-corrected chi connectivity index (χ3v) is 4.46. The molecule has 2 aromatic rings. The molecule has 0 aliphatic carbocycles. The molecule has 0 radical (unpaired) electrons. The fourth-order valence-electron chi connectivity index (χ4n) is 2.42. The van der Waals surface area contributed by atoms with Gasteiger partial charge in [-0.15, -0.1) is 0 Å². The molecule has 1 aliphatic heterocycles. The average Bonchev–Trinajstić information content (AvgIpc) is 2.69. The second kappa shape index (κ2) is 5.00. The summed E-state index contributed by atoms with van der Waals surface area (Å²) in [5, 5.41) is 0. The van der Waals surface area contributed by atoms with E-state index in [2.05, 4.69) is 15.9 Å². The summed E-state index contributed by atoms with van der Waals surface area (Å²) in [4.78, 5) is 26.0. The number of rotatable bonds is 2. The first kappa shape index (κ1) is 13.8. The van der Waals surface area contributed by atoms with E-state index in [1.54, 1.807) is 18.2 Å². The predicted molar refractivity (Wildman–Crippen MR) is 83.9 cm³/mol. The molecule has 2 amide bonds. The lowest BCUT2D eigenvalue weighted by molar-refractivity contribution is 0.0642. The van der Waals surface area contributed by atoms with Crippen LogP contribution in [0.4, 0.5) is 5.69 Å². The van der Waals surface area contributed by atoms with Gasteiger partial charge in [0, 0.05) is 10.2 Å². The lowest BCUT2D eigenvalue weighted by Gasteiger charge is -2.14. The van der Waals surface area contributed by atoms with Crippen LogP contribution in [0.5, 0.6) is 0 Å². The van der Waals surface area contributed by atoms with E-state index < -0.39 is 0 Å². The number of hydrogen-bond donors (Lipinski definition) is 1. The smallest absolute Gasteiger partial charge is 0.263 e. The lowest BCUT2D eigenvalue weighted by atomic mass is 10.1. The zero-order valence-electron chi connectivity index (χ0n) is 11.4. The van der Waals surface area contributed by atoms with E-state index >= 15 is 0 Å². The highest BCUT2D eigenvalue weighted by Crippen LogP contribution is 2.29. The summed E-state index contributed by atoms with van der Waals surface area (Å²) in [5.74, 6) is -0.621. The number of anilines is 1. The summed E-state index contributed by atoms with van der Waals surface area (Å²) in [7, 11) is 0. The molecule has 0 bridgehead atoms. The van der Waals surface area contributed by atoms with Gasteiger partial charge in [0.15, 0.2) is 0 Å². The van der Waals surface area contributed by atoms with Crippen molar-refractivity contribution in [3.8, 4) is 0 Å². The lowest BCUT2D eigenvalue weighted by Crippen LogP contribution is -2.29. The van der Waals surface area contributed by atoms with Crippen LogP contribution in [0, 0.1) is 6.92 Å². The largest absolute Gasteiger partial charge is 0.398 e. The van der Waals surface area contributed by atoms with Crippen molar-refractivity contribution in [3.05, 3.63) is 63.1 Å². The van der Waals surface area contributed by atoms with Crippen LogP contribution in [0.25, 0.3) is 0 Å². The number of imide groups is 1. The van der Waals surface area contributed by atoms with Gasteiger partial charge in [-0.25, -0.2) is 0 Å². The molecule has 1 aliphatic rings. The molecule has 2 N–H and O–H groups in total. The molecule has 0 atom stereocenters. The molecular weight excluding hydrogens is 332 g/mol. The Morgan fingerprint density at radius 3 is 2.57 bits per heavy atom. The molecular formula is C16H13BrN2O2. The third-order valence-electron chi connectivity index (χ3n) is 3.61.